The Kier molecular flexibility index (Phi) is 5.81. The number of fused-ring (bicyclic) bond motifs is 4. The molecule has 2 saturated carbocycles. The summed E-state index contributed by atoms with van der Waals surface area (Å²) < 4.78 is 25.6. The van der Waals surface area contributed by atoms with Gasteiger partial charge in [0, 0.05) is 24.9 Å². The number of carbonyl (C=O) groups is 3. The van der Waals surface area contributed by atoms with Crippen LogP contribution in [0.25, 0.3) is 0 Å². The second-order valence-corrected chi connectivity index (χ2v) is 12.8. The van der Waals surface area contributed by atoms with E-state index in [9.17, 15) is 14.4 Å². The summed E-state index contributed by atoms with van der Waals surface area (Å²) in [6, 6.07) is 0. The molecule has 7 nitrogen and oxygen atoms in total. The number of hydrogen-bond acceptors (Lipinski definition) is 7. The molecule has 0 spiro atoms. The van der Waals surface area contributed by atoms with Crippen LogP contribution in [0.15, 0.2) is 23.8 Å². The van der Waals surface area contributed by atoms with Crippen molar-refractivity contribution < 1.29 is 33.3 Å². The first-order valence-corrected chi connectivity index (χ1v) is 14.1. The van der Waals surface area contributed by atoms with Gasteiger partial charge in [0.15, 0.2) is 11.6 Å². The van der Waals surface area contributed by atoms with Crippen LogP contribution in [0.1, 0.15) is 66.7 Å². The zero-order valence-corrected chi connectivity index (χ0v) is 22.6. The quantitative estimate of drug-likeness (QED) is 0.307. The Bertz CT molecular complexity index is 1060. The molecule has 12 atom stereocenters. The van der Waals surface area contributed by atoms with E-state index in [2.05, 4.69) is 19.9 Å². The van der Waals surface area contributed by atoms with E-state index in [0.29, 0.717) is 32.3 Å². The molecule has 0 radical (unpaired) electrons. The number of carbonyl (C=O) groups excluding carboxylic acids is 3. The molecule has 37 heavy (non-hydrogen) atoms. The normalized spacial score (nSPS) is 52.0. The molecule has 4 fully saturated rings. The SMILES string of the molecule is CCO[C@@]12C[C@H]3[C@@H](CC=C4CC=CC(=O)[C@@]43C)[C@@H]3C[C@H](OC=O)[C@@H]([C@@H]31)[C@](C)([C@@H]1C[C@H](C)[C@@H](C)C(=O)O1)O2. The van der Waals surface area contributed by atoms with Gasteiger partial charge in [-0.05, 0) is 76.2 Å². The second kappa shape index (κ2) is 8.51. The van der Waals surface area contributed by atoms with Crippen LogP contribution in [0.3, 0.4) is 0 Å². The third-order valence-corrected chi connectivity index (χ3v) is 11.4. The topological polar surface area (TPSA) is 88.1 Å². The summed E-state index contributed by atoms with van der Waals surface area (Å²) in [5.74, 6) is -0.652. The lowest BCUT2D eigenvalue weighted by molar-refractivity contribution is -0.311. The van der Waals surface area contributed by atoms with Gasteiger partial charge in [-0.15, -0.1) is 0 Å². The summed E-state index contributed by atoms with van der Waals surface area (Å²) in [5.41, 5.74) is -0.255. The zero-order valence-electron chi connectivity index (χ0n) is 22.6. The van der Waals surface area contributed by atoms with Crippen molar-refractivity contribution in [2.45, 2.75) is 90.3 Å². The van der Waals surface area contributed by atoms with E-state index in [-0.39, 0.29) is 59.3 Å². The van der Waals surface area contributed by atoms with E-state index >= 15 is 0 Å². The molecule has 7 heteroatoms. The number of allylic oxidation sites excluding steroid dienone is 4. The number of hydrogen-bond donors (Lipinski definition) is 0. The van der Waals surface area contributed by atoms with Crippen molar-refractivity contribution in [3.63, 3.8) is 0 Å². The maximum atomic E-state index is 13.5. The summed E-state index contributed by atoms with van der Waals surface area (Å²) in [6.45, 7) is 11.1. The average Bonchev–Trinajstić information content (AvgIpc) is 3.37. The lowest BCUT2D eigenvalue weighted by atomic mass is 9.49. The van der Waals surface area contributed by atoms with Gasteiger partial charge < -0.3 is 18.9 Å². The summed E-state index contributed by atoms with van der Waals surface area (Å²) in [6.07, 6.45) is 8.91. The van der Waals surface area contributed by atoms with Crippen molar-refractivity contribution in [1.82, 2.24) is 0 Å². The van der Waals surface area contributed by atoms with E-state index in [1.807, 2.05) is 26.8 Å². The molecule has 202 valence electrons. The Morgan fingerprint density at radius 3 is 2.62 bits per heavy atom. The molecule has 0 amide bonds. The molecule has 2 heterocycles. The van der Waals surface area contributed by atoms with Crippen molar-refractivity contribution in [3.8, 4) is 0 Å². The predicted molar refractivity (Wildman–Crippen MR) is 134 cm³/mol. The highest BCUT2D eigenvalue weighted by Crippen LogP contribution is 2.70. The first kappa shape index (κ1) is 25.3. The molecule has 4 aliphatic carbocycles. The highest BCUT2D eigenvalue weighted by Gasteiger charge is 2.76. The van der Waals surface area contributed by atoms with Crippen molar-refractivity contribution in [3.05, 3.63) is 23.8 Å². The molecule has 0 unspecified atom stereocenters. The monoisotopic (exact) mass is 512 g/mol. The maximum Gasteiger partial charge on any atom is 0.309 e. The van der Waals surface area contributed by atoms with Gasteiger partial charge in [-0.3, -0.25) is 14.4 Å². The van der Waals surface area contributed by atoms with Gasteiger partial charge in [0.2, 0.25) is 0 Å². The second-order valence-electron chi connectivity index (χ2n) is 12.8. The van der Waals surface area contributed by atoms with Crippen LogP contribution in [-0.2, 0) is 33.3 Å². The number of esters is 1. The van der Waals surface area contributed by atoms with Gasteiger partial charge in [-0.2, -0.15) is 0 Å². The Balaban J connectivity index is 1.46. The number of ketones is 1. The largest absolute Gasteiger partial charge is 0.464 e. The predicted octanol–water partition coefficient (Wildman–Crippen LogP) is 4.39. The molecule has 0 N–H and O–H groups in total. The molecule has 2 aliphatic heterocycles. The maximum absolute atomic E-state index is 13.5. The average molecular weight is 513 g/mol. The molecular weight excluding hydrogens is 472 g/mol. The molecule has 0 bridgehead atoms. The number of rotatable bonds is 5. The molecule has 2 saturated heterocycles. The smallest absolute Gasteiger partial charge is 0.309 e. The van der Waals surface area contributed by atoms with Gasteiger partial charge >= 0.3 is 5.97 Å². The minimum atomic E-state index is -0.924. The first-order chi connectivity index (χ1) is 17.6. The summed E-state index contributed by atoms with van der Waals surface area (Å²) in [7, 11) is 0. The number of ether oxygens (including phenoxy) is 4. The molecule has 0 aromatic rings. The zero-order chi connectivity index (χ0) is 26.3. The third-order valence-electron chi connectivity index (χ3n) is 11.4. The van der Waals surface area contributed by atoms with Crippen LogP contribution in [0.4, 0.5) is 0 Å². The van der Waals surface area contributed by atoms with Crippen molar-refractivity contribution in [1.29, 1.82) is 0 Å². The van der Waals surface area contributed by atoms with Crippen molar-refractivity contribution in [2.75, 3.05) is 6.61 Å². The minimum absolute atomic E-state index is 0.00945. The van der Waals surface area contributed by atoms with Gasteiger partial charge in [0.1, 0.15) is 17.8 Å². The highest BCUT2D eigenvalue weighted by atomic mass is 16.7. The molecule has 0 aromatic heterocycles. The van der Waals surface area contributed by atoms with Crippen LogP contribution >= 0.6 is 0 Å². The van der Waals surface area contributed by atoms with Crippen molar-refractivity contribution in [2.24, 2.45) is 46.8 Å². The van der Waals surface area contributed by atoms with Crippen LogP contribution in [0.2, 0.25) is 0 Å². The Morgan fingerprint density at radius 1 is 1.14 bits per heavy atom. The molecular formula is C30H40O7. The fraction of sp³-hybridized carbons (Fsp3) is 0.767. The lowest BCUT2D eigenvalue weighted by Crippen LogP contribution is -2.58. The van der Waals surface area contributed by atoms with E-state index in [1.165, 1.54) is 5.57 Å². The highest BCUT2D eigenvalue weighted by molar-refractivity contribution is 5.98. The standard InChI is InChI=1S/C30H40O7/c1-6-35-30-14-21-19(11-10-18-8-7-9-23(32)28(18,21)4)20-13-22(34-15-31)26(25(20)30)29(5,37-30)24-12-16(2)17(3)27(33)36-24/h7,9-10,15-17,19-22,24-26H,6,8,11-14H2,1-5H3/t16-,17+,19-,20-,21-,22-,24-,25+,26-,28-,29-,30+/m0/s1. The summed E-state index contributed by atoms with van der Waals surface area (Å²) >= 11 is 0. The van der Waals surface area contributed by atoms with E-state index in [4.69, 9.17) is 18.9 Å². The summed E-state index contributed by atoms with van der Waals surface area (Å²) in [4.78, 5) is 38.0. The van der Waals surface area contributed by atoms with Gasteiger partial charge in [-0.1, -0.05) is 31.6 Å². The molecule has 6 aliphatic rings. The lowest BCUT2D eigenvalue weighted by Gasteiger charge is -2.56. The first-order valence-electron chi connectivity index (χ1n) is 14.1. The third kappa shape index (κ3) is 3.28. The van der Waals surface area contributed by atoms with Crippen LogP contribution in [0.5, 0.6) is 0 Å². The number of cyclic esters (lactones) is 1. The molecule has 6 rings (SSSR count). The summed E-state index contributed by atoms with van der Waals surface area (Å²) in [5, 5.41) is 0. The van der Waals surface area contributed by atoms with E-state index < -0.39 is 22.9 Å². The molecule has 0 aromatic carbocycles. The van der Waals surface area contributed by atoms with Crippen LogP contribution in [-0.4, -0.2) is 48.4 Å². The van der Waals surface area contributed by atoms with Crippen LogP contribution < -0.4 is 0 Å². The van der Waals surface area contributed by atoms with Gasteiger partial charge in [0.25, 0.3) is 6.47 Å². The Labute approximate surface area is 219 Å². The van der Waals surface area contributed by atoms with Gasteiger partial charge in [-0.25, -0.2) is 0 Å². The van der Waals surface area contributed by atoms with Crippen LogP contribution in [0, 0.1) is 46.8 Å². The fourth-order valence-corrected chi connectivity index (χ4v) is 9.41. The Hall–Kier alpha value is -1.99. The minimum Gasteiger partial charge on any atom is -0.464 e. The fourth-order valence-electron chi connectivity index (χ4n) is 9.41. The van der Waals surface area contributed by atoms with E-state index in [0.717, 1.165) is 12.8 Å². The van der Waals surface area contributed by atoms with Gasteiger partial charge in [0.05, 0.1) is 11.3 Å². The van der Waals surface area contributed by atoms with Crippen molar-refractivity contribution >= 4 is 18.2 Å². The Morgan fingerprint density at radius 2 is 1.92 bits per heavy atom. The van der Waals surface area contributed by atoms with E-state index in [1.54, 1.807) is 6.08 Å².